The van der Waals surface area contributed by atoms with Gasteiger partial charge in [0.2, 0.25) is 0 Å². The van der Waals surface area contributed by atoms with E-state index in [1.165, 1.54) is 17.0 Å². The molecule has 1 heterocycles. The molecule has 1 aliphatic rings. The minimum atomic E-state index is -1.00. The second-order valence-corrected chi connectivity index (χ2v) is 9.29. The third kappa shape index (κ3) is 5.75. The van der Waals surface area contributed by atoms with Crippen LogP contribution in [0.1, 0.15) is 40.4 Å². The molecule has 0 aliphatic carbocycles. The van der Waals surface area contributed by atoms with Crippen molar-refractivity contribution in [2.45, 2.75) is 38.3 Å². The van der Waals surface area contributed by atoms with Crippen molar-refractivity contribution in [2.24, 2.45) is 0 Å². The zero-order valence-corrected chi connectivity index (χ0v) is 19.5. The summed E-state index contributed by atoms with van der Waals surface area (Å²) < 4.78 is 19.9. The zero-order valence-electron chi connectivity index (χ0n) is 18.8. The van der Waals surface area contributed by atoms with Crippen molar-refractivity contribution < 1.29 is 23.8 Å². The molecule has 0 spiro atoms. The Balaban J connectivity index is 1.52. The van der Waals surface area contributed by atoms with E-state index in [-0.39, 0.29) is 25.4 Å². The maximum absolute atomic E-state index is 13.6. The van der Waals surface area contributed by atoms with Crippen LogP contribution in [-0.4, -0.2) is 34.0 Å². The molecule has 0 saturated carbocycles. The minimum Gasteiger partial charge on any atom is -0.487 e. The Morgan fingerprint density at radius 2 is 1.85 bits per heavy atom. The smallest absolute Gasteiger partial charge is 0.305 e. The maximum atomic E-state index is 13.6. The number of hydrogen-bond donors (Lipinski definition) is 1. The molecule has 1 amide bonds. The van der Waals surface area contributed by atoms with E-state index in [1.54, 1.807) is 24.3 Å². The van der Waals surface area contributed by atoms with Crippen molar-refractivity contribution in [1.82, 2.24) is 4.90 Å². The summed E-state index contributed by atoms with van der Waals surface area (Å²) in [7, 11) is 0. The van der Waals surface area contributed by atoms with Gasteiger partial charge in [0.15, 0.2) is 0 Å². The number of carbonyl (C=O) groups excluding carboxylic acids is 1. The summed E-state index contributed by atoms with van der Waals surface area (Å²) in [4.78, 5) is 25.9. The maximum Gasteiger partial charge on any atom is 0.305 e. The van der Waals surface area contributed by atoms with Gasteiger partial charge in [0.1, 0.15) is 17.2 Å². The van der Waals surface area contributed by atoms with Crippen LogP contribution in [0.4, 0.5) is 4.39 Å². The van der Waals surface area contributed by atoms with E-state index < -0.39 is 17.4 Å². The summed E-state index contributed by atoms with van der Waals surface area (Å²) in [6.07, 6.45) is 1.12. The average Bonchev–Trinajstić information content (AvgIpc) is 3.12. The summed E-state index contributed by atoms with van der Waals surface area (Å²) in [5.41, 5.74) is 2.61. The molecule has 3 aromatic carbocycles. The Labute approximate surface area is 202 Å². The average molecular weight is 482 g/mol. The number of ether oxygens (including phenoxy) is 1. The second-order valence-electron chi connectivity index (χ2n) is 8.85. The van der Waals surface area contributed by atoms with Crippen molar-refractivity contribution in [3.05, 3.63) is 99.8 Å². The number of fused-ring (bicyclic) bond motifs is 1. The van der Waals surface area contributed by atoms with Crippen LogP contribution < -0.4 is 4.74 Å². The van der Waals surface area contributed by atoms with Crippen LogP contribution in [0.5, 0.6) is 5.75 Å². The Morgan fingerprint density at radius 3 is 2.56 bits per heavy atom. The van der Waals surface area contributed by atoms with E-state index in [2.05, 4.69) is 0 Å². The van der Waals surface area contributed by atoms with Gasteiger partial charge in [-0.15, -0.1) is 0 Å². The van der Waals surface area contributed by atoms with E-state index >= 15 is 0 Å². The Kier molecular flexibility index (Phi) is 6.89. The molecular formula is C27H25ClFNO4. The molecule has 0 radical (unpaired) electrons. The highest BCUT2D eigenvalue weighted by molar-refractivity contribution is 6.30. The summed E-state index contributed by atoms with van der Waals surface area (Å²) in [5.74, 6) is -0.981. The number of halogens is 2. The van der Waals surface area contributed by atoms with Gasteiger partial charge in [0, 0.05) is 36.5 Å². The third-order valence-electron chi connectivity index (χ3n) is 5.86. The molecule has 1 unspecified atom stereocenters. The van der Waals surface area contributed by atoms with Crippen molar-refractivity contribution >= 4 is 23.5 Å². The molecule has 176 valence electrons. The molecule has 3 aromatic rings. The molecular weight excluding hydrogens is 457 g/mol. The van der Waals surface area contributed by atoms with Gasteiger partial charge in [-0.05, 0) is 66.1 Å². The quantitative estimate of drug-likeness (QED) is 0.459. The lowest BCUT2D eigenvalue weighted by Gasteiger charge is -2.24. The highest BCUT2D eigenvalue weighted by Gasteiger charge is 2.35. The summed E-state index contributed by atoms with van der Waals surface area (Å²) in [6, 6.07) is 18.9. The first-order valence-corrected chi connectivity index (χ1v) is 11.4. The number of rotatable bonds is 8. The Morgan fingerprint density at radius 1 is 1.09 bits per heavy atom. The number of carbonyl (C=O) groups is 2. The van der Waals surface area contributed by atoms with Crippen LogP contribution in [0.25, 0.3) is 0 Å². The van der Waals surface area contributed by atoms with Crippen LogP contribution in [-0.2, 0) is 24.2 Å². The van der Waals surface area contributed by atoms with E-state index in [1.807, 2.05) is 37.3 Å². The molecule has 34 heavy (non-hydrogen) atoms. The fourth-order valence-corrected chi connectivity index (χ4v) is 4.43. The Hall–Kier alpha value is -3.38. The van der Waals surface area contributed by atoms with Crippen LogP contribution in [0.3, 0.4) is 0 Å². The molecule has 0 bridgehead atoms. The number of carboxylic acids is 1. The fourth-order valence-electron chi connectivity index (χ4n) is 4.31. The first-order chi connectivity index (χ1) is 16.2. The van der Waals surface area contributed by atoms with Gasteiger partial charge in [-0.3, -0.25) is 9.59 Å². The number of nitrogens with zero attached hydrogens (tertiary/aromatic N) is 1. The highest BCUT2D eigenvalue weighted by atomic mass is 35.5. The number of amides is 1. The van der Waals surface area contributed by atoms with E-state index in [0.29, 0.717) is 29.0 Å². The minimum absolute atomic E-state index is 0.0204. The van der Waals surface area contributed by atoms with Crippen molar-refractivity contribution in [1.29, 1.82) is 0 Å². The molecule has 4 rings (SSSR count). The van der Waals surface area contributed by atoms with E-state index in [0.717, 1.165) is 16.9 Å². The number of carboxylic acid groups (broad SMARTS) is 1. The topological polar surface area (TPSA) is 66.8 Å². The summed E-state index contributed by atoms with van der Waals surface area (Å²) in [6.45, 7) is 2.17. The third-order valence-corrected chi connectivity index (χ3v) is 6.12. The van der Waals surface area contributed by atoms with Gasteiger partial charge in [0.05, 0.1) is 6.42 Å². The first kappa shape index (κ1) is 23.8. The molecule has 0 aromatic heterocycles. The molecule has 1 N–H and O–H groups in total. The van der Waals surface area contributed by atoms with Gasteiger partial charge in [0.25, 0.3) is 5.91 Å². The fraction of sp³-hybridized carbons (Fsp3) is 0.259. The van der Waals surface area contributed by atoms with Gasteiger partial charge >= 0.3 is 5.97 Å². The van der Waals surface area contributed by atoms with E-state index in [9.17, 15) is 14.0 Å². The van der Waals surface area contributed by atoms with Gasteiger partial charge < -0.3 is 14.7 Å². The predicted molar refractivity (Wildman–Crippen MR) is 128 cm³/mol. The number of hydrogen-bond acceptors (Lipinski definition) is 3. The molecule has 0 fully saturated rings. The van der Waals surface area contributed by atoms with Gasteiger partial charge in [-0.2, -0.15) is 0 Å². The lowest BCUT2D eigenvalue weighted by molar-refractivity contribution is -0.137. The van der Waals surface area contributed by atoms with Crippen molar-refractivity contribution in [2.75, 3.05) is 6.54 Å². The normalized spacial score (nSPS) is 16.6. The Bertz CT molecular complexity index is 1210. The highest BCUT2D eigenvalue weighted by Crippen LogP contribution is 2.38. The second kappa shape index (κ2) is 9.85. The molecule has 0 saturated heterocycles. The van der Waals surface area contributed by atoms with Crippen molar-refractivity contribution in [3.63, 3.8) is 0 Å². The molecule has 1 aliphatic heterocycles. The molecule has 5 nitrogen and oxygen atoms in total. The number of aliphatic carboxylic acids is 1. The van der Waals surface area contributed by atoms with Crippen molar-refractivity contribution in [3.8, 4) is 5.75 Å². The summed E-state index contributed by atoms with van der Waals surface area (Å²) >= 11 is 5.99. The molecule has 7 heteroatoms. The predicted octanol–water partition coefficient (Wildman–Crippen LogP) is 5.53. The lowest BCUT2D eigenvalue weighted by Crippen LogP contribution is -2.33. The monoisotopic (exact) mass is 481 g/mol. The van der Waals surface area contributed by atoms with Crippen LogP contribution in [0.2, 0.25) is 5.02 Å². The zero-order chi connectivity index (χ0) is 24.3. The standard InChI is InChI=1S/C27H25ClFNO4/c1-27(15-18-5-8-22(28)9-6-18)16-21-14-20(7-10-24(21)34-27)26(33)30(12-11-25(31)32)17-19-3-2-4-23(29)13-19/h2-10,13-14H,11-12,15-17H2,1H3,(H,31,32). The first-order valence-electron chi connectivity index (χ1n) is 11.0. The largest absolute Gasteiger partial charge is 0.487 e. The van der Waals surface area contributed by atoms with Gasteiger partial charge in [-0.25, -0.2) is 4.39 Å². The lowest BCUT2D eigenvalue weighted by atomic mass is 9.91. The SMILES string of the molecule is CC1(Cc2ccc(Cl)cc2)Cc2cc(C(=O)N(CCC(=O)O)Cc3cccc(F)c3)ccc2O1. The van der Waals surface area contributed by atoms with Crippen LogP contribution in [0, 0.1) is 5.82 Å². The van der Waals surface area contributed by atoms with Crippen LogP contribution in [0.15, 0.2) is 66.7 Å². The van der Waals surface area contributed by atoms with Gasteiger partial charge in [-0.1, -0.05) is 35.9 Å². The van der Waals surface area contributed by atoms with E-state index in [4.69, 9.17) is 21.4 Å². The van der Waals surface area contributed by atoms with Crippen LogP contribution >= 0.6 is 11.6 Å². The summed E-state index contributed by atoms with van der Waals surface area (Å²) in [5, 5.41) is 9.80. The number of benzene rings is 3. The molecule has 1 atom stereocenters.